The predicted molar refractivity (Wildman–Crippen MR) is 375 cm³/mol. The van der Waals surface area contributed by atoms with Crippen LogP contribution in [-0.4, -0.2) is 264 Å². The van der Waals surface area contributed by atoms with E-state index in [9.17, 15) is 0 Å². The Hall–Kier alpha value is -3.78. The molecule has 0 unspecified atom stereocenters. The second-order valence-corrected chi connectivity index (χ2v) is 27.2. The van der Waals surface area contributed by atoms with Crippen LogP contribution in [0.1, 0.15) is 0 Å². The lowest BCUT2D eigenvalue weighted by atomic mass is 10.3. The first-order valence-corrected chi connectivity index (χ1v) is 37.3. The fourth-order valence-electron chi connectivity index (χ4n) is 8.46. The lowest BCUT2D eigenvalue weighted by molar-refractivity contribution is 0.000164. The van der Waals surface area contributed by atoms with Crippen molar-refractivity contribution in [3.05, 3.63) is 121 Å². The van der Waals surface area contributed by atoms with E-state index in [0.29, 0.717) is 211 Å². The van der Waals surface area contributed by atoms with E-state index in [1.165, 1.54) is 31.0 Å². The third kappa shape index (κ3) is 39.6. The Kier molecular flexibility index (Phi) is 49.2. The van der Waals surface area contributed by atoms with E-state index in [4.69, 9.17) is 94.7 Å². The fraction of sp³-hybridized carbons (Fsp3) is 0.571. The molecular formula is C70H104O20P2S2. The molecule has 0 aliphatic carbocycles. The highest BCUT2D eigenvalue weighted by atomic mass is 32.2. The van der Waals surface area contributed by atoms with Crippen LogP contribution in [0.25, 0.3) is 0 Å². The van der Waals surface area contributed by atoms with E-state index in [1.807, 2.05) is 23.5 Å². The highest BCUT2D eigenvalue weighted by Gasteiger charge is 2.17. The minimum absolute atomic E-state index is 0.444. The predicted octanol–water partition coefficient (Wildman–Crippen LogP) is 8.44. The second kappa shape index (κ2) is 57.2. The minimum Gasteiger partial charge on any atom is -0.491 e. The van der Waals surface area contributed by atoms with Crippen LogP contribution in [0.3, 0.4) is 0 Å². The van der Waals surface area contributed by atoms with Crippen molar-refractivity contribution in [3.8, 4) is 23.0 Å². The molecule has 20 nitrogen and oxygen atoms in total. The van der Waals surface area contributed by atoms with Crippen molar-refractivity contribution in [2.24, 2.45) is 0 Å². The molecule has 0 bridgehead atoms. The summed E-state index contributed by atoms with van der Waals surface area (Å²) in [6, 6.07) is 43.1. The standard InChI is InChI=1S/C70H104O20P2S2/c1-71-25-29-75-33-37-79-41-45-83-49-53-87-61-5-13-65(14-6-61)91(66-15-7-62(8-16-66)88-54-50-84-46-42-80-38-34-76-30-26-72-2)57-59-93-69-21-23-70(24-22-69)94-60-58-92(67-17-9-63(10-18-67)89-55-51-85-47-43-81-39-35-77-31-27-73-3)68-19-11-64(12-20-68)90-56-52-86-48-44-82-40-36-78-32-28-74-4/h5-24H,25-60H2,1-4H3. The molecule has 0 heterocycles. The largest absolute Gasteiger partial charge is 0.491 e. The van der Waals surface area contributed by atoms with Gasteiger partial charge in [-0.05, 0) is 122 Å². The molecule has 0 aliphatic heterocycles. The smallest absolute Gasteiger partial charge is 0.119 e. The summed E-state index contributed by atoms with van der Waals surface area (Å²) in [5.41, 5.74) is 0. The molecule has 0 atom stereocenters. The van der Waals surface area contributed by atoms with Crippen molar-refractivity contribution in [1.29, 1.82) is 0 Å². The molecule has 0 saturated carbocycles. The lowest BCUT2D eigenvalue weighted by Crippen LogP contribution is -2.16. The number of hydrogen-bond acceptors (Lipinski definition) is 22. The van der Waals surface area contributed by atoms with Crippen LogP contribution in [-0.2, 0) is 75.8 Å². The van der Waals surface area contributed by atoms with Gasteiger partial charge in [0.25, 0.3) is 0 Å². The molecule has 5 aromatic carbocycles. The summed E-state index contributed by atoms with van der Waals surface area (Å²) >= 11 is 3.78. The van der Waals surface area contributed by atoms with Crippen LogP contribution in [0.5, 0.6) is 23.0 Å². The molecule has 0 spiro atoms. The Balaban J connectivity index is 1.12. The van der Waals surface area contributed by atoms with Gasteiger partial charge in [-0.3, -0.25) is 0 Å². The topological polar surface area (TPSA) is 185 Å². The quantitative estimate of drug-likeness (QED) is 0.0205. The first-order chi connectivity index (χ1) is 46.6. The highest BCUT2D eigenvalue weighted by molar-refractivity contribution is 8.00. The molecule has 526 valence electrons. The third-order valence-electron chi connectivity index (χ3n) is 13.3. The normalized spacial score (nSPS) is 11.6. The fourth-order valence-corrected chi connectivity index (χ4v) is 15.4. The van der Waals surface area contributed by atoms with E-state index in [1.54, 1.807) is 28.4 Å². The van der Waals surface area contributed by atoms with Crippen LogP contribution >= 0.6 is 39.4 Å². The van der Waals surface area contributed by atoms with Crippen LogP contribution in [0.4, 0.5) is 0 Å². The molecule has 0 radical (unpaired) electrons. The molecule has 24 heteroatoms. The van der Waals surface area contributed by atoms with Crippen molar-refractivity contribution in [2.45, 2.75) is 9.79 Å². The van der Waals surface area contributed by atoms with E-state index in [0.717, 1.165) is 46.8 Å². The first kappa shape index (κ1) is 80.9. The van der Waals surface area contributed by atoms with E-state index >= 15 is 0 Å². The zero-order valence-corrected chi connectivity index (χ0v) is 59.3. The molecule has 94 heavy (non-hydrogen) atoms. The van der Waals surface area contributed by atoms with Gasteiger partial charge < -0.3 is 94.7 Å². The van der Waals surface area contributed by atoms with Gasteiger partial charge >= 0.3 is 0 Å². The second-order valence-electron chi connectivity index (χ2n) is 20.2. The molecule has 5 aromatic rings. The zero-order chi connectivity index (χ0) is 66.1. The lowest BCUT2D eigenvalue weighted by Gasteiger charge is -2.20. The Morgan fingerprint density at radius 1 is 0.213 bits per heavy atom. The zero-order valence-electron chi connectivity index (χ0n) is 55.9. The summed E-state index contributed by atoms with van der Waals surface area (Å²) in [5.74, 6) is 5.12. The van der Waals surface area contributed by atoms with Gasteiger partial charge in [-0.15, -0.1) is 23.5 Å². The molecule has 0 aromatic heterocycles. The van der Waals surface area contributed by atoms with E-state index in [2.05, 4.69) is 121 Å². The summed E-state index contributed by atoms with van der Waals surface area (Å²) in [4.78, 5) is 2.49. The Bertz CT molecular complexity index is 2180. The molecule has 0 fully saturated rings. The third-order valence-corrected chi connectivity index (χ3v) is 20.9. The van der Waals surface area contributed by atoms with E-state index < -0.39 is 15.8 Å². The average Bonchev–Trinajstić information content (AvgIpc) is 0.949. The Morgan fingerprint density at radius 2 is 0.383 bits per heavy atom. The van der Waals surface area contributed by atoms with Crippen LogP contribution in [0.2, 0.25) is 0 Å². The Labute approximate surface area is 570 Å². The van der Waals surface area contributed by atoms with Crippen molar-refractivity contribution in [3.63, 3.8) is 0 Å². The maximum atomic E-state index is 6.07. The summed E-state index contributed by atoms with van der Waals surface area (Å²) in [5, 5.41) is 5.11. The molecule has 0 N–H and O–H groups in total. The SMILES string of the molecule is COCCOCCOCCOCCOc1ccc(P(CCSc2ccc(SCCP(c3ccc(OCCOCCOCCOCCOC)cc3)c3ccc(OCCOCCOCCOCCOC)cc3)cc2)c2ccc(OCCOCCOCCOCCOC)cc2)cc1. The average molecular weight is 1390 g/mol. The number of ether oxygens (including phenoxy) is 20. The summed E-state index contributed by atoms with van der Waals surface area (Å²) in [6.07, 6.45) is 1.97. The number of methoxy groups -OCH3 is 4. The number of hydrogen-bond donors (Lipinski definition) is 0. The van der Waals surface area contributed by atoms with Crippen molar-refractivity contribution >= 4 is 60.6 Å². The van der Waals surface area contributed by atoms with Gasteiger partial charge in [0.2, 0.25) is 0 Å². The van der Waals surface area contributed by atoms with Gasteiger partial charge in [0, 0.05) is 49.7 Å². The van der Waals surface area contributed by atoms with Crippen LogP contribution < -0.4 is 40.2 Å². The van der Waals surface area contributed by atoms with Gasteiger partial charge in [0.05, 0.1) is 185 Å². The van der Waals surface area contributed by atoms with Gasteiger partial charge in [-0.1, -0.05) is 48.5 Å². The summed E-state index contributed by atoms with van der Waals surface area (Å²) in [7, 11) is 5.22. The molecule has 5 rings (SSSR count). The van der Waals surface area contributed by atoms with Gasteiger partial charge in [-0.2, -0.15) is 0 Å². The molecule has 0 saturated heterocycles. The summed E-state index contributed by atoms with van der Waals surface area (Å²) in [6.45, 7) is 16.3. The van der Waals surface area contributed by atoms with Crippen LogP contribution in [0.15, 0.2) is 131 Å². The molecular weight excluding hydrogens is 1290 g/mol. The molecule has 0 aliphatic rings. The number of benzene rings is 5. The van der Waals surface area contributed by atoms with Crippen molar-refractivity contribution in [2.75, 3.05) is 264 Å². The van der Waals surface area contributed by atoms with Crippen LogP contribution in [0, 0.1) is 0 Å². The van der Waals surface area contributed by atoms with Crippen molar-refractivity contribution in [1.82, 2.24) is 0 Å². The van der Waals surface area contributed by atoms with Gasteiger partial charge in [-0.25, -0.2) is 0 Å². The highest BCUT2D eigenvalue weighted by Crippen LogP contribution is 2.39. The first-order valence-electron chi connectivity index (χ1n) is 32.3. The van der Waals surface area contributed by atoms with Crippen molar-refractivity contribution < 1.29 is 94.7 Å². The maximum absolute atomic E-state index is 6.07. The Morgan fingerprint density at radius 3 is 0.564 bits per heavy atom. The monoisotopic (exact) mass is 1390 g/mol. The number of thioether (sulfide) groups is 2. The summed E-state index contributed by atoms with van der Waals surface area (Å²) < 4.78 is 111. The van der Waals surface area contributed by atoms with Gasteiger partial charge in [0.1, 0.15) is 49.4 Å². The number of rotatable bonds is 64. The minimum atomic E-state index is -0.699. The van der Waals surface area contributed by atoms with Gasteiger partial charge in [0.15, 0.2) is 0 Å². The molecule has 0 amide bonds. The van der Waals surface area contributed by atoms with E-state index in [-0.39, 0.29) is 0 Å². The maximum Gasteiger partial charge on any atom is 0.119 e.